The Morgan fingerprint density at radius 1 is 1.39 bits per heavy atom. The lowest BCUT2D eigenvalue weighted by Gasteiger charge is -2.23. The Hall–Kier alpha value is -2.21. The molecule has 1 fully saturated rings. The number of aliphatic hydroxyl groups excluding tert-OH is 1. The van der Waals surface area contributed by atoms with E-state index in [1.165, 1.54) is 12.1 Å². The van der Waals surface area contributed by atoms with Crippen LogP contribution in [0.1, 0.15) is 54.0 Å². The first-order valence-electron chi connectivity index (χ1n) is 7.75. The molecule has 0 unspecified atom stereocenters. The molecule has 5 nitrogen and oxygen atoms in total. The second-order valence-electron chi connectivity index (χ2n) is 6.28. The van der Waals surface area contributed by atoms with Crippen LogP contribution in [0.3, 0.4) is 0 Å². The minimum atomic E-state index is -0.586. The summed E-state index contributed by atoms with van der Waals surface area (Å²) < 4.78 is 13.1. The molecule has 0 bridgehead atoms. The molecule has 2 atom stereocenters. The molecule has 2 N–H and O–H groups in total. The number of aromatic nitrogens is 2. The normalized spacial score (nSPS) is 21.2. The molecule has 2 aromatic rings. The number of amides is 1. The van der Waals surface area contributed by atoms with Gasteiger partial charge < -0.3 is 10.0 Å². The minimum absolute atomic E-state index is 0.223. The van der Waals surface area contributed by atoms with Crippen LogP contribution in [0.15, 0.2) is 30.3 Å². The molecular weight excluding hydrogens is 297 g/mol. The van der Waals surface area contributed by atoms with Crippen molar-refractivity contribution in [3.05, 3.63) is 53.1 Å². The molecule has 122 valence electrons. The number of hydrogen-bond acceptors (Lipinski definition) is 3. The number of likely N-dealkylation sites (tertiary alicyclic amines) is 1. The lowest BCUT2D eigenvalue weighted by molar-refractivity contribution is 0.0710. The highest BCUT2D eigenvalue weighted by Crippen LogP contribution is 2.33. The van der Waals surface area contributed by atoms with Gasteiger partial charge in [0.15, 0.2) is 0 Å². The summed E-state index contributed by atoms with van der Waals surface area (Å²) in [6.07, 6.45) is -0.142. The van der Waals surface area contributed by atoms with E-state index in [1.54, 1.807) is 23.1 Å². The summed E-state index contributed by atoms with van der Waals surface area (Å²) in [7, 11) is 0. The van der Waals surface area contributed by atoms with Gasteiger partial charge in [0.25, 0.3) is 5.91 Å². The van der Waals surface area contributed by atoms with Gasteiger partial charge in [-0.15, -0.1) is 0 Å². The van der Waals surface area contributed by atoms with Crippen molar-refractivity contribution in [2.75, 3.05) is 6.54 Å². The van der Waals surface area contributed by atoms with E-state index in [1.807, 2.05) is 13.8 Å². The Morgan fingerprint density at radius 3 is 2.70 bits per heavy atom. The van der Waals surface area contributed by atoms with Gasteiger partial charge in [-0.25, -0.2) is 4.39 Å². The molecule has 0 aliphatic carbocycles. The van der Waals surface area contributed by atoms with Crippen molar-refractivity contribution in [1.29, 1.82) is 0 Å². The number of nitrogens with zero attached hydrogens (tertiary/aromatic N) is 2. The third kappa shape index (κ3) is 3.12. The average Bonchev–Trinajstić information content (AvgIpc) is 3.14. The lowest BCUT2D eigenvalue weighted by Crippen LogP contribution is -2.32. The maximum absolute atomic E-state index is 13.1. The van der Waals surface area contributed by atoms with Crippen LogP contribution in [-0.4, -0.2) is 38.8 Å². The Bertz CT molecular complexity index is 696. The van der Waals surface area contributed by atoms with E-state index in [-0.39, 0.29) is 30.2 Å². The molecule has 0 spiro atoms. The molecule has 1 aromatic heterocycles. The van der Waals surface area contributed by atoms with Crippen LogP contribution in [-0.2, 0) is 0 Å². The fourth-order valence-electron chi connectivity index (χ4n) is 2.93. The summed E-state index contributed by atoms with van der Waals surface area (Å²) in [5, 5.41) is 16.9. The van der Waals surface area contributed by atoms with Crippen molar-refractivity contribution < 1.29 is 14.3 Å². The third-order valence-electron chi connectivity index (χ3n) is 4.23. The maximum Gasteiger partial charge on any atom is 0.274 e. The van der Waals surface area contributed by atoms with Gasteiger partial charge >= 0.3 is 0 Å². The van der Waals surface area contributed by atoms with Crippen molar-refractivity contribution in [3.63, 3.8) is 0 Å². The van der Waals surface area contributed by atoms with Gasteiger partial charge in [-0.2, -0.15) is 5.10 Å². The van der Waals surface area contributed by atoms with E-state index in [0.717, 1.165) is 11.3 Å². The summed E-state index contributed by atoms with van der Waals surface area (Å²) in [4.78, 5) is 14.3. The van der Waals surface area contributed by atoms with Gasteiger partial charge in [-0.1, -0.05) is 26.0 Å². The van der Waals surface area contributed by atoms with Crippen molar-refractivity contribution in [2.24, 2.45) is 0 Å². The summed E-state index contributed by atoms with van der Waals surface area (Å²) in [5.74, 6) is -0.292. The molecule has 3 rings (SSSR count). The standard InChI is InChI=1S/C17H20FN3O2/c1-10(2)14-8-15(20-19-14)17(23)21-9-13(22)7-16(21)11-3-5-12(18)6-4-11/h3-6,8,10,13,16,22H,7,9H2,1-2H3,(H,19,20)/t13-,16+/m1/s1. The number of nitrogens with one attached hydrogen (secondary N) is 1. The van der Waals surface area contributed by atoms with Crippen molar-refractivity contribution >= 4 is 5.91 Å². The van der Waals surface area contributed by atoms with E-state index in [9.17, 15) is 14.3 Å². The van der Waals surface area contributed by atoms with Crippen LogP contribution in [0.4, 0.5) is 4.39 Å². The number of hydrogen-bond donors (Lipinski definition) is 2. The molecule has 1 aromatic carbocycles. The molecular formula is C17H20FN3O2. The van der Waals surface area contributed by atoms with Crippen molar-refractivity contribution in [1.82, 2.24) is 15.1 Å². The molecule has 1 amide bonds. The van der Waals surface area contributed by atoms with Gasteiger partial charge in [-0.3, -0.25) is 9.89 Å². The third-order valence-corrected chi connectivity index (χ3v) is 4.23. The highest BCUT2D eigenvalue weighted by molar-refractivity contribution is 5.93. The van der Waals surface area contributed by atoms with Gasteiger partial charge in [-0.05, 0) is 36.1 Å². The number of aromatic amines is 1. The number of aliphatic hydroxyl groups is 1. The molecule has 6 heteroatoms. The second-order valence-corrected chi connectivity index (χ2v) is 6.28. The number of benzene rings is 1. The van der Waals surface area contributed by atoms with Crippen LogP contribution in [0.2, 0.25) is 0 Å². The SMILES string of the molecule is CC(C)c1cc(C(=O)N2C[C@H](O)C[C@H]2c2ccc(F)cc2)n[nH]1. The zero-order valence-corrected chi connectivity index (χ0v) is 13.2. The fourth-order valence-corrected chi connectivity index (χ4v) is 2.93. The van der Waals surface area contributed by atoms with Crippen LogP contribution >= 0.6 is 0 Å². The highest BCUT2D eigenvalue weighted by Gasteiger charge is 2.36. The first-order chi connectivity index (χ1) is 11.0. The maximum atomic E-state index is 13.1. The van der Waals surface area contributed by atoms with Gasteiger partial charge in [0.05, 0.1) is 12.1 Å². The first kappa shape index (κ1) is 15.7. The number of carbonyl (C=O) groups excluding carboxylic acids is 1. The van der Waals surface area contributed by atoms with Crippen LogP contribution in [0.25, 0.3) is 0 Å². The Morgan fingerprint density at radius 2 is 2.09 bits per heavy atom. The summed E-state index contributed by atoms with van der Waals surface area (Å²) in [6, 6.07) is 7.53. The average molecular weight is 317 g/mol. The predicted molar refractivity (Wildman–Crippen MR) is 83.5 cm³/mol. The number of halogens is 1. The van der Waals surface area contributed by atoms with E-state index < -0.39 is 6.10 Å². The zero-order valence-electron chi connectivity index (χ0n) is 13.2. The number of H-pyrrole nitrogens is 1. The van der Waals surface area contributed by atoms with Gasteiger partial charge in [0, 0.05) is 12.2 Å². The number of rotatable bonds is 3. The van der Waals surface area contributed by atoms with E-state index in [4.69, 9.17) is 0 Å². The van der Waals surface area contributed by atoms with Crippen molar-refractivity contribution in [2.45, 2.75) is 38.3 Å². The summed E-state index contributed by atoms with van der Waals surface area (Å²) in [6.45, 7) is 4.29. The lowest BCUT2D eigenvalue weighted by atomic mass is 10.0. The molecule has 1 saturated heterocycles. The Labute approximate surface area is 134 Å². The summed E-state index contributed by atoms with van der Waals surface area (Å²) >= 11 is 0. The second kappa shape index (κ2) is 6.12. The quantitative estimate of drug-likeness (QED) is 0.914. The molecule has 2 heterocycles. The zero-order chi connectivity index (χ0) is 16.6. The van der Waals surface area contributed by atoms with E-state index in [0.29, 0.717) is 12.1 Å². The Kier molecular flexibility index (Phi) is 4.17. The van der Waals surface area contributed by atoms with Gasteiger partial charge in [0.2, 0.25) is 0 Å². The monoisotopic (exact) mass is 317 g/mol. The van der Waals surface area contributed by atoms with Crippen LogP contribution in [0, 0.1) is 5.82 Å². The molecule has 0 saturated carbocycles. The topological polar surface area (TPSA) is 69.2 Å². The summed E-state index contributed by atoms with van der Waals surface area (Å²) in [5.41, 5.74) is 2.05. The van der Waals surface area contributed by atoms with E-state index >= 15 is 0 Å². The smallest absolute Gasteiger partial charge is 0.274 e. The highest BCUT2D eigenvalue weighted by atomic mass is 19.1. The largest absolute Gasteiger partial charge is 0.391 e. The van der Waals surface area contributed by atoms with E-state index in [2.05, 4.69) is 10.2 Å². The number of β-amino-alcohol motifs (C(OH)–C–C–N with tert-alkyl or cyclic N) is 1. The molecule has 23 heavy (non-hydrogen) atoms. The van der Waals surface area contributed by atoms with Crippen LogP contribution in [0.5, 0.6) is 0 Å². The van der Waals surface area contributed by atoms with Gasteiger partial charge in [0.1, 0.15) is 11.5 Å². The molecule has 1 aliphatic heterocycles. The minimum Gasteiger partial charge on any atom is -0.391 e. The molecule has 0 radical (unpaired) electrons. The van der Waals surface area contributed by atoms with Crippen LogP contribution < -0.4 is 0 Å². The first-order valence-corrected chi connectivity index (χ1v) is 7.75. The predicted octanol–water partition coefficient (Wildman–Crippen LogP) is 2.62. The Balaban J connectivity index is 1.86. The number of carbonyl (C=O) groups is 1. The fraction of sp³-hybridized carbons (Fsp3) is 0.412. The van der Waals surface area contributed by atoms with Crippen molar-refractivity contribution in [3.8, 4) is 0 Å². The molecule has 1 aliphatic rings.